The summed E-state index contributed by atoms with van der Waals surface area (Å²) in [5.74, 6) is 0.369. The number of pyridine rings is 1. The van der Waals surface area contributed by atoms with Crippen molar-refractivity contribution in [3.63, 3.8) is 0 Å². The van der Waals surface area contributed by atoms with Gasteiger partial charge in [-0.15, -0.1) is 0 Å². The molecule has 2 amide bonds. The van der Waals surface area contributed by atoms with Crippen molar-refractivity contribution in [2.24, 2.45) is 0 Å². The molecule has 2 aromatic heterocycles. The lowest BCUT2D eigenvalue weighted by atomic mass is 9.96. The average Bonchev–Trinajstić information content (AvgIpc) is 3.16. The van der Waals surface area contributed by atoms with Crippen LogP contribution in [0.5, 0.6) is 5.75 Å². The Balaban J connectivity index is 1.83. The summed E-state index contributed by atoms with van der Waals surface area (Å²) in [7, 11) is 0. The molecule has 3 aromatic rings. The van der Waals surface area contributed by atoms with Crippen LogP contribution in [-0.4, -0.2) is 39.1 Å². The minimum Gasteiger partial charge on any atom is -0.485 e. The molecule has 0 fully saturated rings. The molecule has 37 heavy (non-hydrogen) atoms. The maximum Gasteiger partial charge on any atom is 0.408 e. The zero-order valence-electron chi connectivity index (χ0n) is 23.1. The molecule has 1 aromatic carbocycles. The van der Waals surface area contributed by atoms with E-state index >= 15 is 0 Å². The Morgan fingerprint density at radius 1 is 1.05 bits per heavy atom. The molecule has 2 heterocycles. The van der Waals surface area contributed by atoms with E-state index in [0.29, 0.717) is 35.8 Å². The van der Waals surface area contributed by atoms with E-state index in [1.165, 1.54) is 0 Å². The topological polar surface area (TPSA) is 94.0 Å². The molecule has 0 spiro atoms. The van der Waals surface area contributed by atoms with Crippen molar-refractivity contribution >= 4 is 17.6 Å². The summed E-state index contributed by atoms with van der Waals surface area (Å²) < 4.78 is 13.4. The predicted octanol–water partition coefficient (Wildman–Crippen LogP) is 5.60. The molecule has 2 N–H and O–H groups in total. The van der Waals surface area contributed by atoms with E-state index in [1.54, 1.807) is 0 Å². The third kappa shape index (κ3) is 7.47. The Hall–Kier alpha value is -3.55. The molecule has 1 atom stereocenters. The number of carbonyl (C=O) groups is 2. The first kappa shape index (κ1) is 28.0. The number of nitrogens with one attached hydrogen (secondary N) is 2. The molecule has 0 bridgehead atoms. The minimum atomic E-state index is -0.667. The number of alkyl carbamates (subject to hydrolysis) is 1. The van der Waals surface area contributed by atoms with Gasteiger partial charge in [0.05, 0.1) is 11.2 Å². The van der Waals surface area contributed by atoms with Crippen molar-refractivity contribution in [3.8, 4) is 5.75 Å². The van der Waals surface area contributed by atoms with Gasteiger partial charge in [-0.25, -0.2) is 9.78 Å². The van der Waals surface area contributed by atoms with Gasteiger partial charge in [0.1, 0.15) is 17.9 Å². The van der Waals surface area contributed by atoms with E-state index in [2.05, 4.69) is 22.5 Å². The molecule has 8 heteroatoms. The quantitative estimate of drug-likeness (QED) is 0.372. The number of fused-ring (bicyclic) bond motifs is 1. The summed E-state index contributed by atoms with van der Waals surface area (Å²) in [4.78, 5) is 30.6. The van der Waals surface area contributed by atoms with Crippen molar-refractivity contribution in [2.45, 2.75) is 85.5 Å². The van der Waals surface area contributed by atoms with E-state index < -0.39 is 17.2 Å². The first-order chi connectivity index (χ1) is 17.4. The Bertz CT molecular complexity index is 1230. The Morgan fingerprint density at radius 3 is 2.38 bits per heavy atom. The Kier molecular flexibility index (Phi) is 8.84. The van der Waals surface area contributed by atoms with Gasteiger partial charge in [-0.3, -0.25) is 9.20 Å². The van der Waals surface area contributed by atoms with Gasteiger partial charge in [-0.2, -0.15) is 0 Å². The minimum absolute atomic E-state index is 0.246. The van der Waals surface area contributed by atoms with Crippen molar-refractivity contribution in [1.29, 1.82) is 0 Å². The summed E-state index contributed by atoms with van der Waals surface area (Å²) in [6, 6.07) is 11.9. The molecule has 0 radical (unpaired) electrons. The fourth-order valence-corrected chi connectivity index (χ4v) is 4.25. The fraction of sp³-hybridized carbons (Fsp3) is 0.483. The van der Waals surface area contributed by atoms with Gasteiger partial charge in [-0.1, -0.05) is 50.6 Å². The third-order valence-corrected chi connectivity index (χ3v) is 6.02. The summed E-state index contributed by atoms with van der Waals surface area (Å²) in [5.41, 5.74) is 2.46. The fourth-order valence-electron chi connectivity index (χ4n) is 4.25. The molecular weight excluding hydrogens is 468 g/mol. The Labute approximate surface area is 219 Å². The van der Waals surface area contributed by atoms with Crippen LogP contribution in [0.2, 0.25) is 0 Å². The zero-order chi connectivity index (χ0) is 27.2. The number of aromatic nitrogens is 2. The standard InChI is InChI=1S/C29H40N4O4/c1-8-15-29(7,32-27(35)37-28(4,5)6)19-30-26(34)24-20(3)31-25-23(16-21(9-2)17-33(24)25)36-18-22-13-11-10-12-14-22/h10-14,16-17H,8-9,15,18-19H2,1-7H3,(H,30,34)(H,32,35). The number of hydrogen-bond acceptors (Lipinski definition) is 5. The number of amides is 2. The second-order valence-corrected chi connectivity index (χ2v) is 10.7. The van der Waals surface area contributed by atoms with Crippen molar-refractivity contribution in [3.05, 3.63) is 65.1 Å². The van der Waals surface area contributed by atoms with Crippen molar-refractivity contribution < 1.29 is 19.1 Å². The van der Waals surface area contributed by atoms with E-state index in [0.717, 1.165) is 24.0 Å². The molecule has 0 aliphatic heterocycles. The molecule has 8 nitrogen and oxygen atoms in total. The van der Waals surface area contributed by atoms with E-state index in [-0.39, 0.29) is 12.5 Å². The SMILES string of the molecule is CCCC(C)(CNC(=O)c1c(C)nc2c(OCc3ccccc3)cc(CC)cn12)NC(=O)OC(C)(C)C. The second kappa shape index (κ2) is 11.7. The van der Waals surface area contributed by atoms with Crippen LogP contribution in [0, 0.1) is 6.92 Å². The predicted molar refractivity (Wildman–Crippen MR) is 145 cm³/mol. The van der Waals surface area contributed by atoms with Crippen LogP contribution >= 0.6 is 0 Å². The first-order valence-corrected chi connectivity index (χ1v) is 12.9. The number of imidazole rings is 1. The molecule has 200 valence electrons. The summed E-state index contributed by atoms with van der Waals surface area (Å²) >= 11 is 0. The van der Waals surface area contributed by atoms with Gasteiger partial charge >= 0.3 is 6.09 Å². The smallest absolute Gasteiger partial charge is 0.408 e. The van der Waals surface area contributed by atoms with Crippen LogP contribution in [0.3, 0.4) is 0 Å². The molecule has 1 unspecified atom stereocenters. The first-order valence-electron chi connectivity index (χ1n) is 12.9. The zero-order valence-corrected chi connectivity index (χ0v) is 23.1. The maximum absolute atomic E-state index is 13.4. The molecular formula is C29H40N4O4. The summed E-state index contributed by atoms with van der Waals surface area (Å²) in [5, 5.41) is 5.96. The molecule has 0 saturated heterocycles. The van der Waals surface area contributed by atoms with Gasteiger partial charge in [-0.05, 0) is 64.7 Å². The van der Waals surface area contributed by atoms with Crippen LogP contribution in [0.15, 0.2) is 42.6 Å². The van der Waals surface area contributed by atoms with E-state index in [1.807, 2.05) is 88.5 Å². The van der Waals surface area contributed by atoms with Gasteiger partial charge < -0.3 is 20.1 Å². The number of ether oxygens (including phenoxy) is 2. The lowest BCUT2D eigenvalue weighted by Gasteiger charge is -2.32. The molecule has 3 rings (SSSR count). The summed E-state index contributed by atoms with van der Waals surface area (Å²) in [6.07, 6.45) is 3.72. The van der Waals surface area contributed by atoms with Crippen molar-refractivity contribution in [1.82, 2.24) is 20.0 Å². The molecule has 0 saturated carbocycles. The number of benzene rings is 1. The van der Waals surface area contributed by atoms with E-state index in [4.69, 9.17) is 9.47 Å². The highest BCUT2D eigenvalue weighted by Gasteiger charge is 2.30. The lowest BCUT2D eigenvalue weighted by Crippen LogP contribution is -2.54. The van der Waals surface area contributed by atoms with Crippen LogP contribution in [0.25, 0.3) is 5.65 Å². The lowest BCUT2D eigenvalue weighted by molar-refractivity contribution is 0.0453. The van der Waals surface area contributed by atoms with Crippen LogP contribution in [-0.2, 0) is 17.8 Å². The van der Waals surface area contributed by atoms with Crippen LogP contribution in [0.1, 0.15) is 81.7 Å². The highest BCUT2D eigenvalue weighted by atomic mass is 16.6. The highest BCUT2D eigenvalue weighted by Crippen LogP contribution is 2.26. The number of aryl methyl sites for hydroxylation is 2. The normalized spacial score (nSPS) is 13.2. The van der Waals surface area contributed by atoms with Crippen LogP contribution < -0.4 is 15.4 Å². The average molecular weight is 509 g/mol. The molecule has 0 aliphatic rings. The van der Waals surface area contributed by atoms with Gasteiger partial charge in [0.15, 0.2) is 11.4 Å². The van der Waals surface area contributed by atoms with Gasteiger partial charge in [0.25, 0.3) is 5.91 Å². The monoisotopic (exact) mass is 508 g/mol. The second-order valence-electron chi connectivity index (χ2n) is 10.7. The van der Waals surface area contributed by atoms with Crippen molar-refractivity contribution in [2.75, 3.05) is 6.54 Å². The van der Waals surface area contributed by atoms with E-state index in [9.17, 15) is 9.59 Å². The summed E-state index contributed by atoms with van der Waals surface area (Å²) in [6.45, 7) is 13.9. The number of carbonyl (C=O) groups excluding carboxylic acids is 2. The highest BCUT2D eigenvalue weighted by molar-refractivity contribution is 5.95. The Morgan fingerprint density at radius 2 is 1.76 bits per heavy atom. The molecule has 0 aliphatic carbocycles. The third-order valence-electron chi connectivity index (χ3n) is 6.02. The number of rotatable bonds is 10. The maximum atomic E-state index is 13.4. The van der Waals surface area contributed by atoms with Gasteiger partial charge in [0, 0.05) is 12.7 Å². The largest absolute Gasteiger partial charge is 0.485 e. The van der Waals surface area contributed by atoms with Crippen LogP contribution in [0.4, 0.5) is 4.79 Å². The number of nitrogens with zero attached hydrogens (tertiary/aromatic N) is 2. The van der Waals surface area contributed by atoms with Gasteiger partial charge in [0.2, 0.25) is 0 Å². The number of hydrogen-bond donors (Lipinski definition) is 2.